The largest absolute Gasteiger partial charge is 0.508 e. The van der Waals surface area contributed by atoms with Crippen molar-refractivity contribution in [3.05, 3.63) is 106 Å². The van der Waals surface area contributed by atoms with E-state index in [1.54, 1.807) is 24.3 Å². The number of halogens is 1. The van der Waals surface area contributed by atoms with E-state index in [2.05, 4.69) is 52.3 Å². The standard InChI is InChI=1S/C25H17BrO2/c26-22-14-13-21-19-3-1-2-4-20(19)23(15-5-9-17(27)10-6-15)25(21)24(22)16-7-11-18(28)12-8-16/h1-14,23,27-28H. The van der Waals surface area contributed by atoms with Crippen LogP contribution in [0.5, 0.6) is 11.5 Å². The normalized spacial score (nSPS) is 14.5. The van der Waals surface area contributed by atoms with Crippen LogP contribution in [0, 0.1) is 0 Å². The lowest BCUT2D eigenvalue weighted by atomic mass is 9.85. The zero-order valence-corrected chi connectivity index (χ0v) is 16.5. The van der Waals surface area contributed by atoms with Gasteiger partial charge in [0.25, 0.3) is 0 Å². The van der Waals surface area contributed by atoms with Gasteiger partial charge in [-0.15, -0.1) is 0 Å². The van der Waals surface area contributed by atoms with Gasteiger partial charge in [-0.3, -0.25) is 0 Å². The average molecular weight is 429 g/mol. The summed E-state index contributed by atoms with van der Waals surface area (Å²) >= 11 is 3.76. The lowest BCUT2D eigenvalue weighted by Gasteiger charge is -2.19. The van der Waals surface area contributed by atoms with Crippen LogP contribution in [0.15, 0.2) is 89.4 Å². The molecule has 0 amide bonds. The van der Waals surface area contributed by atoms with Crippen LogP contribution in [-0.2, 0) is 0 Å². The second-order valence-electron chi connectivity index (χ2n) is 7.04. The highest BCUT2D eigenvalue weighted by Gasteiger charge is 2.33. The molecule has 0 heterocycles. The van der Waals surface area contributed by atoms with Crippen LogP contribution >= 0.6 is 15.9 Å². The minimum absolute atomic E-state index is 0.0769. The van der Waals surface area contributed by atoms with Gasteiger partial charge in [0, 0.05) is 16.0 Å². The van der Waals surface area contributed by atoms with Gasteiger partial charge in [-0.05, 0) is 63.7 Å². The monoisotopic (exact) mass is 428 g/mol. The Morgan fingerprint density at radius 3 is 2.00 bits per heavy atom. The summed E-state index contributed by atoms with van der Waals surface area (Å²) in [6, 6.07) is 27.6. The Bertz CT molecular complexity index is 1180. The Kier molecular flexibility index (Phi) is 3.99. The molecule has 4 aromatic carbocycles. The number of phenols is 2. The topological polar surface area (TPSA) is 40.5 Å². The number of phenolic OH excluding ortho intramolecular Hbond substituents is 2. The van der Waals surface area contributed by atoms with Crippen LogP contribution in [0.25, 0.3) is 22.3 Å². The molecule has 0 fully saturated rings. The third kappa shape index (κ3) is 2.62. The second-order valence-corrected chi connectivity index (χ2v) is 7.90. The van der Waals surface area contributed by atoms with Crippen molar-refractivity contribution in [1.82, 2.24) is 0 Å². The van der Waals surface area contributed by atoms with E-state index in [4.69, 9.17) is 0 Å². The SMILES string of the molecule is Oc1ccc(-c2c(Br)ccc3c2C(c2ccc(O)cc2)c2ccccc2-3)cc1. The Hall–Kier alpha value is -3.04. The maximum absolute atomic E-state index is 9.76. The Morgan fingerprint density at radius 1 is 0.643 bits per heavy atom. The van der Waals surface area contributed by atoms with Crippen LogP contribution < -0.4 is 0 Å². The molecule has 0 saturated heterocycles. The van der Waals surface area contributed by atoms with Gasteiger partial charge in [0.05, 0.1) is 0 Å². The van der Waals surface area contributed by atoms with E-state index in [1.165, 1.54) is 22.3 Å². The molecule has 2 nitrogen and oxygen atoms in total. The lowest BCUT2D eigenvalue weighted by molar-refractivity contribution is 0.474. The molecule has 0 saturated carbocycles. The van der Waals surface area contributed by atoms with Gasteiger partial charge >= 0.3 is 0 Å². The zero-order valence-electron chi connectivity index (χ0n) is 14.9. The maximum atomic E-state index is 9.76. The molecule has 28 heavy (non-hydrogen) atoms. The molecule has 0 spiro atoms. The number of aromatic hydroxyl groups is 2. The van der Waals surface area contributed by atoms with Crippen LogP contribution in [0.1, 0.15) is 22.6 Å². The highest BCUT2D eigenvalue weighted by atomic mass is 79.9. The van der Waals surface area contributed by atoms with E-state index >= 15 is 0 Å². The smallest absolute Gasteiger partial charge is 0.115 e. The molecule has 0 bridgehead atoms. The fourth-order valence-corrected chi connectivity index (χ4v) is 4.79. The summed E-state index contributed by atoms with van der Waals surface area (Å²) in [7, 11) is 0. The van der Waals surface area contributed by atoms with Gasteiger partial charge in [-0.1, -0.05) is 70.5 Å². The number of hydrogen-bond donors (Lipinski definition) is 2. The first-order valence-electron chi connectivity index (χ1n) is 9.13. The number of fused-ring (bicyclic) bond motifs is 3. The first kappa shape index (κ1) is 17.1. The average Bonchev–Trinajstić information content (AvgIpc) is 3.04. The lowest BCUT2D eigenvalue weighted by Crippen LogP contribution is -2.01. The summed E-state index contributed by atoms with van der Waals surface area (Å²) in [4.78, 5) is 0. The highest BCUT2D eigenvalue weighted by Crippen LogP contribution is 2.53. The summed E-state index contributed by atoms with van der Waals surface area (Å²) in [5, 5.41) is 19.5. The van der Waals surface area contributed by atoms with E-state index in [0.717, 1.165) is 21.2 Å². The van der Waals surface area contributed by atoms with Crippen molar-refractivity contribution in [2.45, 2.75) is 5.92 Å². The minimum Gasteiger partial charge on any atom is -0.508 e. The van der Waals surface area contributed by atoms with Gasteiger partial charge in [0.2, 0.25) is 0 Å². The molecule has 0 radical (unpaired) electrons. The van der Waals surface area contributed by atoms with E-state index in [-0.39, 0.29) is 17.4 Å². The Labute approximate surface area is 171 Å². The quantitative estimate of drug-likeness (QED) is 0.328. The van der Waals surface area contributed by atoms with E-state index in [1.807, 2.05) is 24.3 Å². The molecule has 1 aliphatic carbocycles. The van der Waals surface area contributed by atoms with Gasteiger partial charge in [-0.2, -0.15) is 0 Å². The van der Waals surface area contributed by atoms with Crippen molar-refractivity contribution in [3.63, 3.8) is 0 Å². The van der Waals surface area contributed by atoms with Crippen molar-refractivity contribution < 1.29 is 10.2 Å². The molecule has 0 aromatic heterocycles. The maximum Gasteiger partial charge on any atom is 0.115 e. The molecular weight excluding hydrogens is 412 g/mol. The van der Waals surface area contributed by atoms with Crippen molar-refractivity contribution in [2.75, 3.05) is 0 Å². The van der Waals surface area contributed by atoms with Crippen molar-refractivity contribution in [3.8, 4) is 33.8 Å². The third-order valence-electron chi connectivity index (χ3n) is 5.43. The Morgan fingerprint density at radius 2 is 1.29 bits per heavy atom. The van der Waals surface area contributed by atoms with Gasteiger partial charge in [-0.25, -0.2) is 0 Å². The summed E-state index contributed by atoms with van der Waals surface area (Å²) in [6.07, 6.45) is 0. The van der Waals surface area contributed by atoms with Crippen LogP contribution in [-0.4, -0.2) is 10.2 Å². The molecule has 1 unspecified atom stereocenters. The molecular formula is C25H17BrO2. The third-order valence-corrected chi connectivity index (χ3v) is 6.09. The van der Waals surface area contributed by atoms with Crippen LogP contribution in [0.2, 0.25) is 0 Å². The zero-order chi connectivity index (χ0) is 19.3. The predicted octanol–water partition coefficient (Wildman–Crippen LogP) is 6.69. The number of benzene rings is 4. The molecule has 136 valence electrons. The molecule has 2 N–H and O–H groups in total. The number of hydrogen-bond acceptors (Lipinski definition) is 2. The molecule has 4 aromatic rings. The second kappa shape index (κ2) is 6.54. The van der Waals surface area contributed by atoms with E-state index in [0.29, 0.717) is 0 Å². The van der Waals surface area contributed by atoms with Gasteiger partial charge in [0.1, 0.15) is 11.5 Å². The first-order valence-corrected chi connectivity index (χ1v) is 9.93. The highest BCUT2D eigenvalue weighted by molar-refractivity contribution is 9.10. The van der Waals surface area contributed by atoms with Crippen molar-refractivity contribution >= 4 is 15.9 Å². The fourth-order valence-electron chi connectivity index (χ4n) is 4.21. The molecule has 1 aliphatic rings. The summed E-state index contributed by atoms with van der Waals surface area (Å²) in [5.74, 6) is 0.599. The van der Waals surface area contributed by atoms with Gasteiger partial charge in [0.15, 0.2) is 0 Å². The van der Waals surface area contributed by atoms with Crippen molar-refractivity contribution in [2.24, 2.45) is 0 Å². The predicted molar refractivity (Wildman–Crippen MR) is 116 cm³/mol. The molecule has 5 rings (SSSR count). The summed E-state index contributed by atoms with van der Waals surface area (Å²) in [6.45, 7) is 0. The fraction of sp³-hybridized carbons (Fsp3) is 0.0400. The Balaban J connectivity index is 1.83. The summed E-state index contributed by atoms with van der Waals surface area (Å²) < 4.78 is 1.02. The van der Waals surface area contributed by atoms with E-state index < -0.39 is 0 Å². The van der Waals surface area contributed by atoms with Crippen molar-refractivity contribution in [1.29, 1.82) is 0 Å². The van der Waals surface area contributed by atoms with Gasteiger partial charge < -0.3 is 10.2 Å². The summed E-state index contributed by atoms with van der Waals surface area (Å²) in [5.41, 5.74) is 8.29. The first-order chi connectivity index (χ1) is 13.6. The minimum atomic E-state index is 0.0769. The molecule has 3 heteroatoms. The molecule has 1 atom stereocenters. The molecule has 0 aliphatic heterocycles. The van der Waals surface area contributed by atoms with E-state index in [9.17, 15) is 10.2 Å². The van der Waals surface area contributed by atoms with Crippen LogP contribution in [0.3, 0.4) is 0 Å². The van der Waals surface area contributed by atoms with Crippen LogP contribution in [0.4, 0.5) is 0 Å². The number of rotatable bonds is 2.